The number of rotatable bonds is 3. The highest BCUT2D eigenvalue weighted by molar-refractivity contribution is 9.10. The van der Waals surface area contributed by atoms with Gasteiger partial charge < -0.3 is 14.8 Å². The molecule has 19 heavy (non-hydrogen) atoms. The number of aryl methyl sites for hydroxylation is 1. The fourth-order valence-corrected chi connectivity index (χ4v) is 2.33. The Hall–Kier alpha value is -1.75. The van der Waals surface area contributed by atoms with E-state index >= 15 is 0 Å². The summed E-state index contributed by atoms with van der Waals surface area (Å²) in [6.07, 6.45) is 1.85. The molecule has 0 fully saturated rings. The molecule has 1 heterocycles. The topological polar surface area (TPSA) is 37.3 Å². The Morgan fingerprint density at radius 2 is 2.05 bits per heavy atom. The SMILES string of the molecule is CN(C)c1cccc(NC(=O)c2cc(Br)cn2C)c1. The van der Waals surface area contributed by atoms with Crippen LogP contribution in [0.4, 0.5) is 11.4 Å². The second-order valence-corrected chi connectivity index (χ2v) is 5.47. The second-order valence-electron chi connectivity index (χ2n) is 4.55. The van der Waals surface area contributed by atoms with Gasteiger partial charge in [0.2, 0.25) is 0 Å². The van der Waals surface area contributed by atoms with E-state index in [1.807, 2.05) is 56.5 Å². The molecular formula is C14H16BrN3O. The molecule has 1 aromatic heterocycles. The quantitative estimate of drug-likeness (QED) is 0.943. The highest BCUT2D eigenvalue weighted by Gasteiger charge is 2.11. The third kappa shape index (κ3) is 3.17. The summed E-state index contributed by atoms with van der Waals surface area (Å²) in [6.45, 7) is 0. The summed E-state index contributed by atoms with van der Waals surface area (Å²) in [5.41, 5.74) is 2.45. The highest BCUT2D eigenvalue weighted by Crippen LogP contribution is 2.19. The van der Waals surface area contributed by atoms with Crippen molar-refractivity contribution >= 4 is 33.2 Å². The number of carbonyl (C=O) groups is 1. The van der Waals surface area contributed by atoms with E-state index in [1.165, 1.54) is 0 Å². The maximum atomic E-state index is 12.2. The smallest absolute Gasteiger partial charge is 0.272 e. The predicted octanol–water partition coefficient (Wildman–Crippen LogP) is 3.11. The van der Waals surface area contributed by atoms with Crippen LogP contribution >= 0.6 is 15.9 Å². The van der Waals surface area contributed by atoms with Crippen LogP contribution in [-0.2, 0) is 7.05 Å². The molecule has 0 radical (unpaired) electrons. The molecule has 5 heteroatoms. The molecule has 0 aliphatic heterocycles. The van der Waals surface area contributed by atoms with Gasteiger partial charge in [0.05, 0.1) is 0 Å². The van der Waals surface area contributed by atoms with Crippen LogP contribution in [0.25, 0.3) is 0 Å². The predicted molar refractivity (Wildman–Crippen MR) is 81.8 cm³/mol. The molecule has 0 atom stereocenters. The molecule has 0 saturated carbocycles. The Bertz CT molecular complexity index is 604. The van der Waals surface area contributed by atoms with E-state index in [2.05, 4.69) is 21.2 Å². The van der Waals surface area contributed by atoms with Gasteiger partial charge in [0.25, 0.3) is 5.91 Å². The van der Waals surface area contributed by atoms with Crippen molar-refractivity contribution in [2.24, 2.45) is 7.05 Å². The number of halogens is 1. The summed E-state index contributed by atoms with van der Waals surface area (Å²) in [7, 11) is 5.78. The Morgan fingerprint density at radius 3 is 2.63 bits per heavy atom. The van der Waals surface area contributed by atoms with Crippen LogP contribution in [0.5, 0.6) is 0 Å². The number of hydrogen-bond acceptors (Lipinski definition) is 2. The number of aromatic nitrogens is 1. The molecule has 1 amide bonds. The lowest BCUT2D eigenvalue weighted by molar-refractivity contribution is 0.101. The Morgan fingerprint density at radius 1 is 1.32 bits per heavy atom. The third-order valence-electron chi connectivity index (χ3n) is 2.82. The van der Waals surface area contributed by atoms with Crippen LogP contribution in [0.2, 0.25) is 0 Å². The Labute approximate surface area is 121 Å². The maximum absolute atomic E-state index is 12.2. The minimum absolute atomic E-state index is 0.121. The minimum atomic E-state index is -0.121. The Balaban J connectivity index is 2.19. The number of anilines is 2. The van der Waals surface area contributed by atoms with Crippen molar-refractivity contribution in [3.8, 4) is 0 Å². The number of carbonyl (C=O) groups excluding carboxylic acids is 1. The van der Waals surface area contributed by atoms with E-state index in [0.717, 1.165) is 15.8 Å². The van der Waals surface area contributed by atoms with Crippen molar-refractivity contribution in [3.05, 3.63) is 46.7 Å². The zero-order valence-corrected chi connectivity index (χ0v) is 12.7. The van der Waals surface area contributed by atoms with E-state index in [9.17, 15) is 4.79 Å². The molecule has 0 aliphatic carbocycles. The molecule has 0 unspecified atom stereocenters. The number of benzene rings is 1. The molecule has 0 spiro atoms. The van der Waals surface area contributed by atoms with Crippen molar-refractivity contribution in [1.82, 2.24) is 4.57 Å². The summed E-state index contributed by atoms with van der Waals surface area (Å²) in [6, 6.07) is 9.53. The molecule has 0 bridgehead atoms. The van der Waals surface area contributed by atoms with Gasteiger partial charge in [0.15, 0.2) is 0 Å². The number of hydrogen-bond donors (Lipinski definition) is 1. The molecule has 4 nitrogen and oxygen atoms in total. The Kier molecular flexibility index (Phi) is 3.95. The number of nitrogens with one attached hydrogen (secondary N) is 1. The van der Waals surface area contributed by atoms with Gasteiger partial charge in [-0.3, -0.25) is 4.79 Å². The van der Waals surface area contributed by atoms with E-state index in [0.29, 0.717) is 5.69 Å². The monoisotopic (exact) mass is 321 g/mol. The van der Waals surface area contributed by atoms with Crippen LogP contribution in [0, 0.1) is 0 Å². The molecule has 2 aromatic rings. The summed E-state index contributed by atoms with van der Waals surface area (Å²) in [5.74, 6) is -0.121. The fraction of sp³-hybridized carbons (Fsp3) is 0.214. The first-order chi connectivity index (χ1) is 8.97. The van der Waals surface area contributed by atoms with Crippen LogP contribution < -0.4 is 10.2 Å². The molecule has 0 saturated heterocycles. The number of amides is 1. The first kappa shape index (κ1) is 13.7. The van der Waals surface area contributed by atoms with Crippen LogP contribution in [0.15, 0.2) is 41.0 Å². The molecule has 1 aromatic carbocycles. The number of nitrogens with zero attached hydrogens (tertiary/aromatic N) is 2. The summed E-state index contributed by atoms with van der Waals surface area (Å²) >= 11 is 3.36. The second kappa shape index (κ2) is 5.48. The van der Waals surface area contributed by atoms with Gasteiger partial charge in [-0.15, -0.1) is 0 Å². The van der Waals surface area contributed by atoms with Gasteiger partial charge in [-0.1, -0.05) is 6.07 Å². The van der Waals surface area contributed by atoms with E-state index < -0.39 is 0 Å². The molecule has 100 valence electrons. The fourth-order valence-electron chi connectivity index (χ4n) is 1.81. The summed E-state index contributed by atoms with van der Waals surface area (Å²) in [4.78, 5) is 14.2. The lowest BCUT2D eigenvalue weighted by Gasteiger charge is -2.14. The van der Waals surface area contributed by atoms with Gasteiger partial charge >= 0.3 is 0 Å². The zero-order valence-electron chi connectivity index (χ0n) is 11.1. The van der Waals surface area contributed by atoms with Gasteiger partial charge in [-0.25, -0.2) is 0 Å². The van der Waals surface area contributed by atoms with Gasteiger partial charge in [0.1, 0.15) is 5.69 Å². The third-order valence-corrected chi connectivity index (χ3v) is 3.26. The largest absolute Gasteiger partial charge is 0.378 e. The van der Waals surface area contributed by atoms with Crippen molar-refractivity contribution < 1.29 is 4.79 Å². The van der Waals surface area contributed by atoms with Gasteiger partial charge in [-0.05, 0) is 40.2 Å². The summed E-state index contributed by atoms with van der Waals surface area (Å²) < 4.78 is 2.68. The van der Waals surface area contributed by atoms with E-state index in [4.69, 9.17) is 0 Å². The lowest BCUT2D eigenvalue weighted by Crippen LogP contribution is -2.16. The van der Waals surface area contributed by atoms with Crippen molar-refractivity contribution in [2.75, 3.05) is 24.3 Å². The van der Waals surface area contributed by atoms with Crippen LogP contribution in [0.1, 0.15) is 10.5 Å². The average molecular weight is 322 g/mol. The van der Waals surface area contributed by atoms with Crippen LogP contribution in [-0.4, -0.2) is 24.6 Å². The molecule has 2 rings (SSSR count). The highest BCUT2D eigenvalue weighted by atomic mass is 79.9. The van der Waals surface area contributed by atoms with Gasteiger partial charge in [0, 0.05) is 43.2 Å². The van der Waals surface area contributed by atoms with Crippen molar-refractivity contribution in [3.63, 3.8) is 0 Å². The lowest BCUT2D eigenvalue weighted by atomic mass is 10.2. The van der Waals surface area contributed by atoms with Crippen molar-refractivity contribution in [1.29, 1.82) is 0 Å². The molecule has 0 aliphatic rings. The van der Waals surface area contributed by atoms with Crippen LogP contribution in [0.3, 0.4) is 0 Å². The van der Waals surface area contributed by atoms with E-state index in [1.54, 1.807) is 10.6 Å². The summed E-state index contributed by atoms with van der Waals surface area (Å²) in [5, 5.41) is 2.90. The van der Waals surface area contributed by atoms with E-state index in [-0.39, 0.29) is 5.91 Å². The minimum Gasteiger partial charge on any atom is -0.378 e. The maximum Gasteiger partial charge on any atom is 0.272 e. The first-order valence-corrected chi connectivity index (χ1v) is 6.67. The van der Waals surface area contributed by atoms with Gasteiger partial charge in [-0.2, -0.15) is 0 Å². The first-order valence-electron chi connectivity index (χ1n) is 5.88. The zero-order chi connectivity index (χ0) is 14.0. The average Bonchev–Trinajstić information content (AvgIpc) is 2.69. The normalized spacial score (nSPS) is 10.3. The van der Waals surface area contributed by atoms with Crippen molar-refractivity contribution in [2.45, 2.75) is 0 Å². The standard InChI is InChI=1S/C14H16BrN3O/c1-17(2)12-6-4-5-11(8-12)16-14(19)13-7-10(15)9-18(13)3/h4-9H,1-3H3,(H,16,19). The molecule has 1 N–H and O–H groups in total. The molecular weight excluding hydrogens is 306 g/mol.